The van der Waals surface area contributed by atoms with Crippen molar-refractivity contribution >= 4 is 40.8 Å². The number of aryl methyl sites for hydroxylation is 1. The van der Waals surface area contributed by atoms with Crippen LogP contribution >= 0.6 is 0 Å². The van der Waals surface area contributed by atoms with Crippen molar-refractivity contribution < 1.29 is 43.8 Å². The molecule has 0 aromatic heterocycles. The predicted molar refractivity (Wildman–Crippen MR) is 133 cm³/mol. The van der Waals surface area contributed by atoms with Gasteiger partial charge in [-0.05, 0) is 72.3 Å². The molecule has 0 heterocycles. The van der Waals surface area contributed by atoms with Crippen LogP contribution in [0.1, 0.15) is 5.56 Å². The van der Waals surface area contributed by atoms with Gasteiger partial charge in [0.05, 0.1) is 16.9 Å². The van der Waals surface area contributed by atoms with Gasteiger partial charge in [-0.15, -0.1) is 0 Å². The van der Waals surface area contributed by atoms with Gasteiger partial charge in [-0.3, -0.25) is 9.11 Å². The molecule has 13 heteroatoms. The summed E-state index contributed by atoms with van der Waals surface area (Å²) in [6.07, 6.45) is 0. The fourth-order valence-electron chi connectivity index (χ4n) is 3.58. The Balaban J connectivity index is 1.78. The zero-order valence-electron chi connectivity index (χ0n) is 19.3. The number of ether oxygens (including phenoxy) is 2. The fraction of sp³-hybridized carbons (Fsp3) is 0.0833. The zero-order chi connectivity index (χ0) is 27.2. The highest BCUT2D eigenvalue weighted by Gasteiger charge is 2.25. The second-order valence-electron chi connectivity index (χ2n) is 7.99. The third kappa shape index (κ3) is 5.45. The molecule has 4 aromatic rings. The number of sulfone groups is 1. The van der Waals surface area contributed by atoms with Gasteiger partial charge in [0, 0.05) is 0 Å². The van der Waals surface area contributed by atoms with Gasteiger partial charge in [-0.2, -0.15) is 16.8 Å². The first-order chi connectivity index (χ1) is 17.2. The summed E-state index contributed by atoms with van der Waals surface area (Å²) in [7, 11) is -12.3. The summed E-state index contributed by atoms with van der Waals surface area (Å²) in [4.78, 5) is -1.62. The highest BCUT2D eigenvalue weighted by atomic mass is 32.2. The predicted octanol–water partition coefficient (Wildman–Crippen LogP) is 4.28. The SMILES string of the molecule is COc1cc2cc(Oc3ccc(S(=O)(=O)c4ccc(C)cc4)cc3S(=O)(=O)O)ccc2cc1S(=O)(=O)O. The summed E-state index contributed by atoms with van der Waals surface area (Å²) < 4.78 is 103. The maximum Gasteiger partial charge on any atom is 0.298 e. The van der Waals surface area contributed by atoms with Crippen molar-refractivity contribution in [3.8, 4) is 17.2 Å². The lowest BCUT2D eigenvalue weighted by molar-refractivity contribution is 0.398. The van der Waals surface area contributed by atoms with Crippen molar-refractivity contribution in [2.24, 2.45) is 0 Å². The van der Waals surface area contributed by atoms with E-state index >= 15 is 0 Å². The maximum absolute atomic E-state index is 13.0. The van der Waals surface area contributed by atoms with Crippen LogP contribution in [0, 0.1) is 6.92 Å². The van der Waals surface area contributed by atoms with E-state index in [1.54, 1.807) is 19.1 Å². The van der Waals surface area contributed by atoms with E-state index in [1.807, 2.05) is 0 Å². The van der Waals surface area contributed by atoms with Gasteiger partial charge >= 0.3 is 0 Å². The summed E-state index contributed by atoms with van der Waals surface area (Å²) >= 11 is 0. The molecule has 0 saturated carbocycles. The third-order valence-electron chi connectivity index (χ3n) is 5.43. The van der Waals surface area contributed by atoms with Crippen LogP contribution in [0.4, 0.5) is 0 Å². The molecule has 37 heavy (non-hydrogen) atoms. The third-order valence-corrected chi connectivity index (χ3v) is 8.95. The summed E-state index contributed by atoms with van der Waals surface area (Å²) in [5.41, 5.74) is 0.837. The van der Waals surface area contributed by atoms with Crippen LogP contribution in [0.25, 0.3) is 10.8 Å². The number of methoxy groups -OCH3 is 1. The lowest BCUT2D eigenvalue weighted by Crippen LogP contribution is -2.06. The molecule has 0 unspecified atom stereocenters. The van der Waals surface area contributed by atoms with Crippen molar-refractivity contribution in [2.75, 3.05) is 7.11 Å². The summed E-state index contributed by atoms with van der Waals surface area (Å²) in [5, 5.41) is 0.823. The molecule has 0 fully saturated rings. The van der Waals surface area contributed by atoms with E-state index in [0.717, 1.165) is 23.8 Å². The van der Waals surface area contributed by atoms with E-state index in [-0.39, 0.29) is 27.0 Å². The molecule has 10 nitrogen and oxygen atoms in total. The first kappa shape index (κ1) is 26.6. The molecule has 2 N–H and O–H groups in total. The molecular weight excluding hydrogens is 544 g/mol. The van der Waals surface area contributed by atoms with Crippen molar-refractivity contribution in [2.45, 2.75) is 26.5 Å². The quantitative estimate of drug-likeness (QED) is 0.310. The highest BCUT2D eigenvalue weighted by Crippen LogP contribution is 2.36. The van der Waals surface area contributed by atoms with Gasteiger partial charge in [-0.1, -0.05) is 23.8 Å². The van der Waals surface area contributed by atoms with Gasteiger partial charge < -0.3 is 9.47 Å². The summed E-state index contributed by atoms with van der Waals surface area (Å²) in [6.45, 7) is 1.79. The monoisotopic (exact) mass is 564 g/mol. The molecule has 4 rings (SSSR count). The number of benzene rings is 4. The van der Waals surface area contributed by atoms with Crippen LogP contribution in [0.5, 0.6) is 17.2 Å². The summed E-state index contributed by atoms with van der Waals surface area (Å²) in [6, 6.07) is 15.9. The van der Waals surface area contributed by atoms with E-state index in [1.165, 1.54) is 49.6 Å². The second kappa shape index (κ2) is 9.43. The molecule has 0 bridgehead atoms. The molecule has 0 atom stereocenters. The molecule has 0 aliphatic rings. The molecule has 0 saturated heterocycles. The Morgan fingerprint density at radius 1 is 0.622 bits per heavy atom. The lowest BCUT2D eigenvalue weighted by atomic mass is 10.1. The number of hydrogen-bond donors (Lipinski definition) is 2. The number of hydrogen-bond acceptors (Lipinski definition) is 8. The molecule has 0 amide bonds. The van der Waals surface area contributed by atoms with Crippen LogP contribution in [0.15, 0.2) is 92.4 Å². The highest BCUT2D eigenvalue weighted by molar-refractivity contribution is 7.91. The average Bonchev–Trinajstić information content (AvgIpc) is 2.82. The van der Waals surface area contributed by atoms with Crippen LogP contribution in [0.2, 0.25) is 0 Å². The second-order valence-corrected chi connectivity index (χ2v) is 12.7. The van der Waals surface area contributed by atoms with Crippen LogP contribution in [-0.2, 0) is 30.1 Å². The van der Waals surface area contributed by atoms with E-state index in [0.29, 0.717) is 10.8 Å². The fourth-order valence-corrected chi connectivity index (χ4v) is 6.25. The Kier molecular flexibility index (Phi) is 6.77. The topological polar surface area (TPSA) is 161 Å². The molecule has 0 spiro atoms. The first-order valence-electron chi connectivity index (χ1n) is 10.4. The molecule has 0 aliphatic carbocycles. The van der Waals surface area contributed by atoms with Gasteiger partial charge in [0.1, 0.15) is 27.0 Å². The van der Waals surface area contributed by atoms with Gasteiger partial charge in [0.15, 0.2) is 0 Å². The maximum atomic E-state index is 13.0. The van der Waals surface area contributed by atoms with E-state index in [2.05, 4.69) is 0 Å². The Morgan fingerprint density at radius 2 is 1.22 bits per heavy atom. The Hall–Kier alpha value is -3.49. The van der Waals surface area contributed by atoms with Gasteiger partial charge in [-0.25, -0.2) is 8.42 Å². The first-order valence-corrected chi connectivity index (χ1v) is 14.8. The molecule has 4 aromatic carbocycles. The molecule has 194 valence electrons. The molecule has 0 aliphatic heterocycles. The van der Waals surface area contributed by atoms with Crippen LogP contribution in [0.3, 0.4) is 0 Å². The zero-order valence-corrected chi connectivity index (χ0v) is 21.8. The van der Waals surface area contributed by atoms with Crippen LogP contribution < -0.4 is 9.47 Å². The van der Waals surface area contributed by atoms with E-state index in [9.17, 15) is 34.4 Å². The standard InChI is InChI=1S/C24H20O10S3/c1-15-3-7-19(8-4-15)35(25,26)20-9-10-21(24(14-20)37(30,31)32)34-18-6-5-16-13-23(36(27,28)29)22(33-2)12-17(16)11-18/h3-14H,1-2H3,(H,27,28,29)(H,30,31,32). The van der Waals surface area contributed by atoms with E-state index in [4.69, 9.17) is 9.47 Å². The van der Waals surface area contributed by atoms with E-state index < -0.39 is 39.9 Å². The minimum atomic E-state index is -4.90. The average molecular weight is 565 g/mol. The van der Waals surface area contributed by atoms with Crippen LogP contribution in [-0.4, -0.2) is 41.5 Å². The Morgan fingerprint density at radius 3 is 1.81 bits per heavy atom. The minimum Gasteiger partial charge on any atom is -0.495 e. The number of fused-ring (bicyclic) bond motifs is 1. The normalized spacial score (nSPS) is 12.4. The minimum absolute atomic E-state index is 0.0548. The van der Waals surface area contributed by atoms with Crippen molar-refractivity contribution in [1.29, 1.82) is 0 Å². The molecule has 0 radical (unpaired) electrons. The van der Waals surface area contributed by atoms with Crippen molar-refractivity contribution in [1.82, 2.24) is 0 Å². The number of rotatable bonds is 7. The molecular formula is C24H20O10S3. The van der Waals surface area contributed by atoms with Crippen molar-refractivity contribution in [3.05, 3.63) is 78.4 Å². The van der Waals surface area contributed by atoms with Gasteiger partial charge in [0.2, 0.25) is 9.84 Å². The van der Waals surface area contributed by atoms with Gasteiger partial charge in [0.25, 0.3) is 20.2 Å². The van der Waals surface area contributed by atoms with Crippen molar-refractivity contribution in [3.63, 3.8) is 0 Å². The largest absolute Gasteiger partial charge is 0.495 e. The smallest absolute Gasteiger partial charge is 0.298 e. The lowest BCUT2D eigenvalue weighted by Gasteiger charge is -2.13. The summed E-state index contributed by atoms with van der Waals surface area (Å²) in [5.74, 6) is -0.379. The Labute approximate surface area is 213 Å². The Bertz CT molecular complexity index is 1840.